The van der Waals surface area contributed by atoms with Crippen LogP contribution in [0.2, 0.25) is 5.02 Å². The number of thiazole rings is 1. The van der Waals surface area contributed by atoms with Gasteiger partial charge in [-0.15, -0.1) is 11.3 Å². The van der Waals surface area contributed by atoms with E-state index in [-0.39, 0.29) is 5.91 Å². The fraction of sp³-hybridized carbons (Fsp3) is 0. The van der Waals surface area contributed by atoms with Crippen molar-refractivity contribution in [2.75, 3.05) is 5.32 Å². The Labute approximate surface area is 165 Å². The maximum Gasteiger partial charge on any atom is 0.255 e. The predicted molar refractivity (Wildman–Crippen MR) is 110 cm³/mol. The van der Waals surface area contributed by atoms with Crippen molar-refractivity contribution in [3.63, 3.8) is 0 Å². The third kappa shape index (κ3) is 4.05. The standard InChI is InChI=1S/C21H14ClN3OS/c22-17-8-6-14(7-9-17)20(26)24-18-5-1-3-15(11-18)19-13-27-21(25-19)16-4-2-10-23-12-16/h1-13H,(H,24,26). The molecular formula is C21H14ClN3OS. The molecule has 0 unspecified atom stereocenters. The molecule has 2 aromatic heterocycles. The molecule has 4 aromatic rings. The van der Waals surface area contributed by atoms with E-state index < -0.39 is 0 Å². The van der Waals surface area contributed by atoms with Gasteiger partial charge in [0.05, 0.1) is 5.69 Å². The van der Waals surface area contributed by atoms with Gasteiger partial charge in [-0.25, -0.2) is 4.98 Å². The number of carbonyl (C=O) groups is 1. The lowest BCUT2D eigenvalue weighted by atomic mass is 10.1. The zero-order valence-electron chi connectivity index (χ0n) is 14.1. The largest absolute Gasteiger partial charge is 0.322 e. The van der Waals surface area contributed by atoms with E-state index in [4.69, 9.17) is 16.6 Å². The van der Waals surface area contributed by atoms with E-state index in [1.54, 1.807) is 48.0 Å². The van der Waals surface area contributed by atoms with E-state index >= 15 is 0 Å². The summed E-state index contributed by atoms with van der Waals surface area (Å²) in [4.78, 5) is 21.2. The summed E-state index contributed by atoms with van der Waals surface area (Å²) >= 11 is 7.43. The number of benzene rings is 2. The first-order valence-electron chi connectivity index (χ1n) is 8.22. The minimum absolute atomic E-state index is 0.182. The van der Waals surface area contributed by atoms with Crippen LogP contribution >= 0.6 is 22.9 Å². The highest BCUT2D eigenvalue weighted by Gasteiger charge is 2.09. The first-order chi connectivity index (χ1) is 13.2. The number of hydrogen-bond donors (Lipinski definition) is 1. The van der Waals surface area contributed by atoms with Crippen molar-refractivity contribution >= 4 is 34.5 Å². The second-order valence-electron chi connectivity index (χ2n) is 5.82. The lowest BCUT2D eigenvalue weighted by Crippen LogP contribution is -2.11. The summed E-state index contributed by atoms with van der Waals surface area (Å²) in [7, 11) is 0. The number of hydrogen-bond acceptors (Lipinski definition) is 4. The van der Waals surface area contributed by atoms with Crippen molar-refractivity contribution in [2.24, 2.45) is 0 Å². The summed E-state index contributed by atoms with van der Waals surface area (Å²) < 4.78 is 0. The molecule has 27 heavy (non-hydrogen) atoms. The Balaban J connectivity index is 1.55. The molecule has 0 radical (unpaired) electrons. The topological polar surface area (TPSA) is 54.9 Å². The summed E-state index contributed by atoms with van der Waals surface area (Å²) in [5.41, 5.74) is 4.05. The summed E-state index contributed by atoms with van der Waals surface area (Å²) in [5, 5.41) is 6.42. The number of pyridine rings is 1. The lowest BCUT2D eigenvalue weighted by Gasteiger charge is -2.07. The molecule has 6 heteroatoms. The molecule has 0 aliphatic rings. The van der Waals surface area contributed by atoms with Crippen LogP contribution in [0.4, 0.5) is 5.69 Å². The molecule has 0 fully saturated rings. The highest BCUT2D eigenvalue weighted by atomic mass is 35.5. The quantitative estimate of drug-likeness (QED) is 0.480. The number of nitrogens with one attached hydrogen (secondary N) is 1. The van der Waals surface area contributed by atoms with Crippen LogP contribution in [0.25, 0.3) is 21.8 Å². The van der Waals surface area contributed by atoms with Crippen LogP contribution in [0.3, 0.4) is 0 Å². The van der Waals surface area contributed by atoms with Gasteiger partial charge in [-0.2, -0.15) is 0 Å². The number of nitrogens with zero attached hydrogens (tertiary/aromatic N) is 2. The Morgan fingerprint density at radius 3 is 2.59 bits per heavy atom. The zero-order chi connectivity index (χ0) is 18.6. The van der Waals surface area contributed by atoms with Gasteiger partial charge < -0.3 is 5.32 Å². The molecule has 132 valence electrons. The van der Waals surface area contributed by atoms with Crippen LogP contribution in [-0.2, 0) is 0 Å². The number of carbonyl (C=O) groups excluding carboxylic acids is 1. The van der Waals surface area contributed by atoms with Crippen LogP contribution < -0.4 is 5.32 Å². The molecule has 1 N–H and O–H groups in total. The van der Waals surface area contributed by atoms with Gasteiger partial charge in [-0.05, 0) is 48.5 Å². The number of aromatic nitrogens is 2. The monoisotopic (exact) mass is 391 g/mol. The van der Waals surface area contributed by atoms with Crippen LogP contribution in [0, 0.1) is 0 Å². The molecule has 2 heterocycles. The minimum atomic E-state index is -0.182. The van der Waals surface area contributed by atoms with Crippen molar-refractivity contribution in [1.29, 1.82) is 0 Å². The molecular weight excluding hydrogens is 378 g/mol. The SMILES string of the molecule is O=C(Nc1cccc(-c2csc(-c3cccnc3)n2)c1)c1ccc(Cl)cc1. The first kappa shape index (κ1) is 17.4. The van der Waals surface area contributed by atoms with Gasteiger partial charge in [0.25, 0.3) is 5.91 Å². The third-order valence-corrected chi connectivity index (χ3v) is 5.08. The highest BCUT2D eigenvalue weighted by molar-refractivity contribution is 7.13. The summed E-state index contributed by atoms with van der Waals surface area (Å²) in [5.74, 6) is -0.182. The van der Waals surface area contributed by atoms with E-state index in [1.165, 1.54) is 0 Å². The van der Waals surface area contributed by atoms with Crippen molar-refractivity contribution in [1.82, 2.24) is 9.97 Å². The summed E-state index contributed by atoms with van der Waals surface area (Å²) in [6.07, 6.45) is 3.54. The molecule has 0 saturated carbocycles. The molecule has 0 spiro atoms. The fourth-order valence-electron chi connectivity index (χ4n) is 2.59. The van der Waals surface area contributed by atoms with Gasteiger partial charge in [0.1, 0.15) is 5.01 Å². The smallest absolute Gasteiger partial charge is 0.255 e. The Bertz CT molecular complexity index is 1080. The Hall–Kier alpha value is -3.02. The Kier molecular flexibility index (Phi) is 4.96. The molecule has 0 saturated heterocycles. The maximum absolute atomic E-state index is 12.4. The summed E-state index contributed by atoms with van der Waals surface area (Å²) in [6, 6.07) is 18.3. The molecule has 0 bridgehead atoms. The van der Waals surface area contributed by atoms with Crippen molar-refractivity contribution in [3.05, 3.63) is 89.0 Å². The van der Waals surface area contributed by atoms with Gasteiger partial charge in [0, 0.05) is 45.2 Å². The van der Waals surface area contributed by atoms with E-state index in [1.807, 2.05) is 41.8 Å². The fourth-order valence-corrected chi connectivity index (χ4v) is 3.53. The van der Waals surface area contributed by atoms with Gasteiger partial charge in [-0.1, -0.05) is 23.7 Å². The van der Waals surface area contributed by atoms with Gasteiger partial charge in [-0.3, -0.25) is 9.78 Å². The minimum Gasteiger partial charge on any atom is -0.322 e. The maximum atomic E-state index is 12.4. The second kappa shape index (κ2) is 7.70. The van der Waals surface area contributed by atoms with Crippen molar-refractivity contribution < 1.29 is 4.79 Å². The molecule has 0 aliphatic carbocycles. The molecule has 4 rings (SSSR count). The van der Waals surface area contributed by atoms with Crippen molar-refractivity contribution in [3.8, 4) is 21.8 Å². The molecule has 0 atom stereocenters. The van der Waals surface area contributed by atoms with E-state index in [9.17, 15) is 4.79 Å². The number of amides is 1. The first-order valence-corrected chi connectivity index (χ1v) is 9.48. The summed E-state index contributed by atoms with van der Waals surface area (Å²) in [6.45, 7) is 0. The lowest BCUT2D eigenvalue weighted by molar-refractivity contribution is 0.102. The van der Waals surface area contributed by atoms with Crippen LogP contribution in [0.5, 0.6) is 0 Å². The van der Waals surface area contributed by atoms with E-state index in [0.717, 1.165) is 21.8 Å². The molecule has 4 nitrogen and oxygen atoms in total. The molecule has 2 aromatic carbocycles. The highest BCUT2D eigenvalue weighted by Crippen LogP contribution is 2.29. The van der Waals surface area contributed by atoms with Gasteiger partial charge >= 0.3 is 0 Å². The van der Waals surface area contributed by atoms with Crippen LogP contribution in [-0.4, -0.2) is 15.9 Å². The second-order valence-corrected chi connectivity index (χ2v) is 7.12. The third-order valence-electron chi connectivity index (χ3n) is 3.94. The average Bonchev–Trinajstić information content (AvgIpc) is 3.20. The number of halogens is 1. The average molecular weight is 392 g/mol. The van der Waals surface area contributed by atoms with Gasteiger partial charge in [0.15, 0.2) is 0 Å². The van der Waals surface area contributed by atoms with Gasteiger partial charge in [0.2, 0.25) is 0 Å². The Morgan fingerprint density at radius 2 is 1.81 bits per heavy atom. The predicted octanol–water partition coefficient (Wildman–Crippen LogP) is 5.78. The molecule has 0 aliphatic heterocycles. The number of rotatable bonds is 4. The zero-order valence-corrected chi connectivity index (χ0v) is 15.7. The normalized spacial score (nSPS) is 10.6. The van der Waals surface area contributed by atoms with Crippen LogP contribution in [0.1, 0.15) is 10.4 Å². The van der Waals surface area contributed by atoms with Crippen LogP contribution in [0.15, 0.2) is 78.4 Å². The van der Waals surface area contributed by atoms with E-state index in [0.29, 0.717) is 16.3 Å². The number of anilines is 1. The Morgan fingerprint density at radius 1 is 1.00 bits per heavy atom. The van der Waals surface area contributed by atoms with E-state index in [2.05, 4.69) is 10.3 Å². The molecule has 1 amide bonds. The van der Waals surface area contributed by atoms with Crippen molar-refractivity contribution in [2.45, 2.75) is 0 Å².